The quantitative estimate of drug-likeness (QED) is 0.239. The van der Waals surface area contributed by atoms with Gasteiger partial charge in [0, 0.05) is 13.0 Å². The Kier molecular flexibility index (Phi) is 14.6. The molecule has 0 saturated heterocycles. The maximum atomic E-state index is 5.99. The van der Waals surface area contributed by atoms with E-state index < -0.39 is 0 Å². The Morgan fingerprint density at radius 1 is 0.885 bits per heavy atom. The van der Waals surface area contributed by atoms with E-state index >= 15 is 0 Å². The third kappa shape index (κ3) is 11.7. The maximum Gasteiger partial charge on any atom is 0.100 e. The molecule has 1 aliphatic heterocycles. The number of hydrogen-bond acceptors (Lipinski definition) is 3. The van der Waals surface area contributed by atoms with Crippen molar-refractivity contribution in [2.24, 2.45) is 10.7 Å². The summed E-state index contributed by atoms with van der Waals surface area (Å²) in [5.41, 5.74) is 5.99. The SMILES string of the molecule is CCCCCCCC/C=C\CCCCCCCCC1=NCCN1C(C)N. The van der Waals surface area contributed by atoms with Crippen molar-refractivity contribution < 1.29 is 0 Å². The van der Waals surface area contributed by atoms with E-state index in [-0.39, 0.29) is 6.17 Å². The lowest BCUT2D eigenvalue weighted by molar-refractivity contribution is 0.358. The van der Waals surface area contributed by atoms with Crippen molar-refractivity contribution in [2.45, 2.75) is 116 Å². The van der Waals surface area contributed by atoms with E-state index in [9.17, 15) is 0 Å². The Balaban J connectivity index is 1.81. The number of hydrogen-bond donors (Lipinski definition) is 1. The summed E-state index contributed by atoms with van der Waals surface area (Å²) < 4.78 is 0. The molecule has 0 aromatic rings. The molecular weight excluding hydrogens is 318 g/mol. The first-order valence-corrected chi connectivity index (χ1v) is 11.5. The maximum absolute atomic E-state index is 5.99. The first kappa shape index (κ1) is 23.2. The molecule has 0 bridgehead atoms. The monoisotopic (exact) mass is 363 g/mol. The lowest BCUT2D eigenvalue weighted by Gasteiger charge is -2.24. The van der Waals surface area contributed by atoms with Crippen LogP contribution in [0.5, 0.6) is 0 Å². The lowest BCUT2D eigenvalue weighted by atomic mass is 10.1. The van der Waals surface area contributed by atoms with E-state index in [1.807, 2.05) is 0 Å². The number of amidine groups is 1. The van der Waals surface area contributed by atoms with Crippen LogP contribution in [0.15, 0.2) is 17.1 Å². The average molecular weight is 364 g/mol. The highest BCUT2D eigenvalue weighted by Crippen LogP contribution is 2.14. The molecular formula is C23H45N3. The molecule has 1 heterocycles. The molecule has 2 N–H and O–H groups in total. The van der Waals surface area contributed by atoms with Gasteiger partial charge in [-0.15, -0.1) is 0 Å². The predicted molar refractivity (Wildman–Crippen MR) is 117 cm³/mol. The molecule has 3 heteroatoms. The Bertz CT molecular complexity index is 374. The highest BCUT2D eigenvalue weighted by Gasteiger charge is 2.18. The van der Waals surface area contributed by atoms with Crippen LogP contribution in [0.2, 0.25) is 0 Å². The van der Waals surface area contributed by atoms with E-state index in [0.717, 1.165) is 19.5 Å². The van der Waals surface area contributed by atoms with Gasteiger partial charge in [0.1, 0.15) is 5.84 Å². The fourth-order valence-corrected chi connectivity index (χ4v) is 3.70. The summed E-state index contributed by atoms with van der Waals surface area (Å²) in [5, 5.41) is 0. The lowest BCUT2D eigenvalue weighted by Crippen LogP contribution is -2.41. The summed E-state index contributed by atoms with van der Waals surface area (Å²) in [5.74, 6) is 1.25. The van der Waals surface area contributed by atoms with Gasteiger partial charge in [-0.25, -0.2) is 0 Å². The molecule has 0 aromatic heterocycles. The summed E-state index contributed by atoms with van der Waals surface area (Å²) in [7, 11) is 0. The van der Waals surface area contributed by atoms with Crippen molar-refractivity contribution in [1.82, 2.24) is 4.90 Å². The molecule has 1 aliphatic rings. The van der Waals surface area contributed by atoms with Crippen molar-refractivity contribution in [2.75, 3.05) is 13.1 Å². The second kappa shape index (κ2) is 16.4. The van der Waals surface area contributed by atoms with Gasteiger partial charge in [-0.05, 0) is 39.0 Å². The normalized spacial score (nSPS) is 15.8. The zero-order valence-electron chi connectivity index (χ0n) is 17.7. The number of nitrogens with zero attached hydrogens (tertiary/aromatic N) is 2. The third-order valence-corrected chi connectivity index (χ3v) is 5.37. The standard InChI is InChI=1S/C23H45N3/c1-3-4-5-6-7-8-9-10-11-12-13-14-15-16-17-18-19-23-25-20-21-26(23)22(2)24/h10-11,22H,3-9,12-21,24H2,1-2H3/b11-10-. The highest BCUT2D eigenvalue weighted by atomic mass is 15.3. The van der Waals surface area contributed by atoms with E-state index in [1.165, 1.54) is 95.7 Å². The Labute approximate surface area is 163 Å². The molecule has 3 nitrogen and oxygen atoms in total. The van der Waals surface area contributed by atoms with E-state index in [0.29, 0.717) is 0 Å². The largest absolute Gasteiger partial charge is 0.343 e. The first-order valence-electron chi connectivity index (χ1n) is 11.5. The minimum atomic E-state index is 0.116. The average Bonchev–Trinajstić information content (AvgIpc) is 3.10. The zero-order chi connectivity index (χ0) is 18.9. The molecule has 0 aromatic carbocycles. The van der Waals surface area contributed by atoms with Crippen molar-refractivity contribution in [3.63, 3.8) is 0 Å². The fraction of sp³-hybridized carbons (Fsp3) is 0.870. The smallest absolute Gasteiger partial charge is 0.100 e. The molecule has 152 valence electrons. The molecule has 1 atom stereocenters. The Hall–Kier alpha value is -0.830. The van der Waals surface area contributed by atoms with E-state index in [2.05, 4.69) is 35.9 Å². The number of unbranched alkanes of at least 4 members (excludes halogenated alkanes) is 12. The molecule has 1 rings (SSSR count). The van der Waals surface area contributed by atoms with Gasteiger partial charge in [-0.2, -0.15) is 0 Å². The van der Waals surface area contributed by atoms with Gasteiger partial charge in [0.2, 0.25) is 0 Å². The van der Waals surface area contributed by atoms with Gasteiger partial charge in [0.25, 0.3) is 0 Å². The summed E-state index contributed by atoms with van der Waals surface area (Å²) in [6, 6.07) is 0. The number of rotatable bonds is 17. The molecule has 0 aliphatic carbocycles. The Morgan fingerprint density at radius 3 is 2.00 bits per heavy atom. The minimum Gasteiger partial charge on any atom is -0.343 e. The predicted octanol–water partition coefficient (Wildman–Crippen LogP) is 6.43. The number of allylic oxidation sites excluding steroid dienone is 2. The topological polar surface area (TPSA) is 41.6 Å². The molecule has 1 unspecified atom stereocenters. The molecule has 0 saturated carbocycles. The van der Waals surface area contributed by atoms with Gasteiger partial charge in [-0.1, -0.05) is 76.9 Å². The van der Waals surface area contributed by atoms with Crippen LogP contribution in [0, 0.1) is 0 Å². The van der Waals surface area contributed by atoms with Crippen LogP contribution < -0.4 is 5.73 Å². The van der Waals surface area contributed by atoms with Crippen LogP contribution in [-0.2, 0) is 0 Å². The summed E-state index contributed by atoms with van der Waals surface area (Å²) in [6.07, 6.45) is 25.1. The van der Waals surface area contributed by atoms with Crippen molar-refractivity contribution in [3.8, 4) is 0 Å². The minimum absolute atomic E-state index is 0.116. The zero-order valence-corrected chi connectivity index (χ0v) is 17.7. The summed E-state index contributed by atoms with van der Waals surface area (Å²) >= 11 is 0. The van der Waals surface area contributed by atoms with Crippen LogP contribution in [0.4, 0.5) is 0 Å². The van der Waals surface area contributed by atoms with Crippen molar-refractivity contribution in [1.29, 1.82) is 0 Å². The third-order valence-electron chi connectivity index (χ3n) is 5.37. The first-order chi connectivity index (χ1) is 12.8. The van der Waals surface area contributed by atoms with Crippen LogP contribution in [0.1, 0.15) is 110 Å². The molecule has 0 radical (unpaired) electrons. The van der Waals surface area contributed by atoms with Crippen LogP contribution in [0.25, 0.3) is 0 Å². The molecule has 26 heavy (non-hydrogen) atoms. The number of aliphatic imine (C=N–C) groups is 1. The van der Waals surface area contributed by atoms with Gasteiger partial charge in [0.05, 0.1) is 12.7 Å². The fourth-order valence-electron chi connectivity index (χ4n) is 3.70. The molecule has 0 fully saturated rings. The van der Waals surface area contributed by atoms with Gasteiger partial charge >= 0.3 is 0 Å². The number of nitrogens with two attached hydrogens (primary N) is 1. The van der Waals surface area contributed by atoms with Gasteiger partial charge in [0.15, 0.2) is 0 Å². The van der Waals surface area contributed by atoms with Crippen LogP contribution in [-0.4, -0.2) is 30.0 Å². The van der Waals surface area contributed by atoms with Gasteiger partial charge < -0.3 is 10.6 Å². The van der Waals surface area contributed by atoms with Crippen molar-refractivity contribution >= 4 is 5.84 Å². The highest BCUT2D eigenvalue weighted by molar-refractivity contribution is 5.83. The van der Waals surface area contributed by atoms with Gasteiger partial charge in [-0.3, -0.25) is 4.99 Å². The Morgan fingerprint density at radius 2 is 1.42 bits per heavy atom. The summed E-state index contributed by atoms with van der Waals surface area (Å²) in [4.78, 5) is 6.86. The van der Waals surface area contributed by atoms with Crippen LogP contribution in [0.3, 0.4) is 0 Å². The van der Waals surface area contributed by atoms with Crippen LogP contribution >= 0.6 is 0 Å². The van der Waals surface area contributed by atoms with E-state index in [1.54, 1.807) is 0 Å². The second-order valence-corrected chi connectivity index (χ2v) is 7.92. The second-order valence-electron chi connectivity index (χ2n) is 7.92. The van der Waals surface area contributed by atoms with E-state index in [4.69, 9.17) is 5.73 Å². The molecule has 0 amide bonds. The molecule has 0 spiro atoms. The van der Waals surface area contributed by atoms with Crippen molar-refractivity contribution in [3.05, 3.63) is 12.2 Å². The summed E-state index contributed by atoms with van der Waals surface area (Å²) in [6.45, 7) is 6.29.